The molecule has 29 heavy (non-hydrogen) atoms. The van der Waals surface area contributed by atoms with Crippen molar-refractivity contribution in [1.29, 1.82) is 0 Å². The van der Waals surface area contributed by atoms with E-state index in [0.29, 0.717) is 32.0 Å². The zero-order valence-electron chi connectivity index (χ0n) is 17.4. The van der Waals surface area contributed by atoms with Crippen LogP contribution in [0.4, 0.5) is 0 Å². The van der Waals surface area contributed by atoms with Crippen molar-refractivity contribution in [3.63, 3.8) is 0 Å². The number of aliphatic hydroxyl groups is 1. The van der Waals surface area contributed by atoms with E-state index in [-0.39, 0.29) is 18.2 Å². The van der Waals surface area contributed by atoms with Crippen molar-refractivity contribution in [3.05, 3.63) is 65.2 Å². The van der Waals surface area contributed by atoms with Gasteiger partial charge in [-0.25, -0.2) is 0 Å². The molecule has 0 spiro atoms. The number of rotatable bonds is 8. The fraction of sp³-hybridized carbons (Fsp3) is 0.458. The smallest absolute Gasteiger partial charge is 0.256 e. The van der Waals surface area contributed by atoms with Crippen LogP contribution in [0, 0.1) is 0 Å². The summed E-state index contributed by atoms with van der Waals surface area (Å²) >= 11 is 0. The summed E-state index contributed by atoms with van der Waals surface area (Å²) in [6.45, 7) is 6.47. The van der Waals surface area contributed by atoms with E-state index >= 15 is 0 Å². The fourth-order valence-corrected chi connectivity index (χ4v) is 3.80. The maximum atomic E-state index is 12.9. The predicted octanol–water partition coefficient (Wildman–Crippen LogP) is 3.20. The molecule has 0 saturated carbocycles. The van der Waals surface area contributed by atoms with Crippen molar-refractivity contribution in [2.24, 2.45) is 0 Å². The summed E-state index contributed by atoms with van der Waals surface area (Å²) in [7, 11) is 0. The Morgan fingerprint density at radius 1 is 1.07 bits per heavy atom. The predicted molar refractivity (Wildman–Crippen MR) is 115 cm³/mol. The summed E-state index contributed by atoms with van der Waals surface area (Å²) < 4.78 is 0. The summed E-state index contributed by atoms with van der Waals surface area (Å²) in [5.41, 5.74) is 2.13. The Kier molecular flexibility index (Phi) is 6.93. The molecule has 1 aliphatic rings. The van der Waals surface area contributed by atoms with Crippen molar-refractivity contribution >= 4 is 5.91 Å². The van der Waals surface area contributed by atoms with Gasteiger partial charge in [-0.3, -0.25) is 4.79 Å². The van der Waals surface area contributed by atoms with Crippen molar-refractivity contribution in [2.75, 3.05) is 19.6 Å². The van der Waals surface area contributed by atoms with Crippen LogP contribution < -0.4 is 5.32 Å². The quantitative estimate of drug-likeness (QED) is 0.599. The van der Waals surface area contributed by atoms with Crippen LogP contribution >= 0.6 is 0 Å². The van der Waals surface area contributed by atoms with E-state index in [1.807, 2.05) is 12.1 Å². The fourth-order valence-electron chi connectivity index (χ4n) is 3.80. The Hall–Kier alpha value is -2.37. The van der Waals surface area contributed by atoms with Gasteiger partial charge in [-0.05, 0) is 60.5 Å². The molecule has 156 valence electrons. The molecule has 2 aromatic carbocycles. The maximum absolute atomic E-state index is 12.9. The van der Waals surface area contributed by atoms with Gasteiger partial charge in [0.05, 0.1) is 0 Å². The average Bonchev–Trinajstić information content (AvgIpc) is 2.71. The van der Waals surface area contributed by atoms with E-state index in [4.69, 9.17) is 0 Å². The minimum atomic E-state index is -1.34. The third-order valence-corrected chi connectivity index (χ3v) is 5.67. The van der Waals surface area contributed by atoms with Crippen molar-refractivity contribution in [1.82, 2.24) is 10.2 Å². The molecule has 2 aromatic rings. The molecule has 0 radical (unpaired) electrons. The highest BCUT2D eigenvalue weighted by molar-refractivity contribution is 5.86. The van der Waals surface area contributed by atoms with Crippen LogP contribution in [0.15, 0.2) is 48.5 Å². The first kappa shape index (κ1) is 21.3. The SMILES string of the molecule is CC(C)c1ccc(CN2CCC[C@](O)(CNCCc3ccc(O)cc3)C2=O)cc1. The molecule has 1 amide bonds. The molecule has 1 fully saturated rings. The maximum Gasteiger partial charge on any atom is 0.256 e. The number of phenols is 1. The number of aromatic hydroxyl groups is 1. The third-order valence-electron chi connectivity index (χ3n) is 5.67. The zero-order valence-corrected chi connectivity index (χ0v) is 17.4. The standard InChI is InChI=1S/C24H32N2O3/c1-18(2)21-8-4-20(5-9-21)16-26-15-3-13-24(29,23(26)28)17-25-14-12-19-6-10-22(27)11-7-19/h4-11,18,25,27,29H,3,12-17H2,1-2H3/t24-/m0/s1. The minimum Gasteiger partial charge on any atom is -0.508 e. The number of carbonyl (C=O) groups excluding carboxylic acids is 1. The summed E-state index contributed by atoms with van der Waals surface area (Å²) in [4.78, 5) is 14.7. The lowest BCUT2D eigenvalue weighted by molar-refractivity contribution is -0.157. The molecule has 0 aliphatic carbocycles. The van der Waals surface area contributed by atoms with Gasteiger partial charge < -0.3 is 20.4 Å². The number of amides is 1. The Labute approximate surface area is 173 Å². The normalized spacial score (nSPS) is 19.7. The molecule has 5 heteroatoms. The number of carbonyl (C=O) groups is 1. The largest absolute Gasteiger partial charge is 0.508 e. The number of likely N-dealkylation sites (tertiary alicyclic amines) is 1. The van der Waals surface area contributed by atoms with Gasteiger partial charge in [0.2, 0.25) is 0 Å². The molecule has 1 heterocycles. The molecule has 3 rings (SSSR count). The third kappa shape index (κ3) is 5.58. The van der Waals surface area contributed by atoms with Gasteiger partial charge in [-0.2, -0.15) is 0 Å². The van der Waals surface area contributed by atoms with Crippen LogP contribution in [0.2, 0.25) is 0 Å². The number of benzene rings is 2. The molecule has 0 unspecified atom stereocenters. The van der Waals surface area contributed by atoms with Crippen LogP contribution in [0.25, 0.3) is 0 Å². The van der Waals surface area contributed by atoms with E-state index in [1.165, 1.54) is 5.56 Å². The number of nitrogens with zero attached hydrogens (tertiary/aromatic N) is 1. The Balaban J connectivity index is 1.52. The first-order valence-electron chi connectivity index (χ1n) is 10.5. The Morgan fingerprint density at radius 2 is 1.72 bits per heavy atom. The Morgan fingerprint density at radius 3 is 2.38 bits per heavy atom. The van der Waals surface area contributed by atoms with Gasteiger partial charge in [-0.15, -0.1) is 0 Å². The second-order valence-electron chi connectivity index (χ2n) is 8.35. The molecule has 3 N–H and O–H groups in total. The highest BCUT2D eigenvalue weighted by atomic mass is 16.3. The summed E-state index contributed by atoms with van der Waals surface area (Å²) in [5.74, 6) is 0.551. The highest BCUT2D eigenvalue weighted by Gasteiger charge is 2.41. The van der Waals surface area contributed by atoms with Gasteiger partial charge in [0.1, 0.15) is 5.75 Å². The van der Waals surface area contributed by atoms with Crippen LogP contribution in [-0.4, -0.2) is 46.3 Å². The molecule has 0 bridgehead atoms. The molecule has 1 atom stereocenters. The van der Waals surface area contributed by atoms with E-state index in [0.717, 1.165) is 24.0 Å². The molecule has 1 saturated heterocycles. The molecular weight excluding hydrogens is 364 g/mol. The number of phenolic OH excluding ortho intramolecular Hbond substituents is 1. The number of hydrogen-bond donors (Lipinski definition) is 3. The summed E-state index contributed by atoms with van der Waals surface area (Å²) in [6, 6.07) is 15.5. The number of nitrogens with one attached hydrogen (secondary N) is 1. The van der Waals surface area contributed by atoms with Crippen LogP contribution in [0.5, 0.6) is 5.75 Å². The first-order valence-corrected chi connectivity index (χ1v) is 10.5. The van der Waals surface area contributed by atoms with Crippen LogP contribution in [0.1, 0.15) is 49.3 Å². The minimum absolute atomic E-state index is 0.186. The van der Waals surface area contributed by atoms with Gasteiger partial charge in [-0.1, -0.05) is 50.2 Å². The Bertz CT molecular complexity index is 802. The lowest BCUT2D eigenvalue weighted by atomic mass is 9.91. The van der Waals surface area contributed by atoms with E-state index < -0.39 is 5.60 Å². The van der Waals surface area contributed by atoms with Crippen molar-refractivity contribution in [3.8, 4) is 5.75 Å². The topological polar surface area (TPSA) is 72.8 Å². The molecule has 5 nitrogen and oxygen atoms in total. The molecular formula is C24H32N2O3. The second kappa shape index (κ2) is 9.42. The van der Waals surface area contributed by atoms with Crippen molar-refractivity contribution in [2.45, 2.75) is 51.2 Å². The average molecular weight is 397 g/mol. The van der Waals surface area contributed by atoms with Gasteiger partial charge in [0, 0.05) is 19.6 Å². The van der Waals surface area contributed by atoms with E-state index in [9.17, 15) is 15.0 Å². The van der Waals surface area contributed by atoms with Crippen molar-refractivity contribution < 1.29 is 15.0 Å². The van der Waals surface area contributed by atoms with Gasteiger partial charge >= 0.3 is 0 Å². The molecule has 1 aliphatic heterocycles. The van der Waals surface area contributed by atoms with Crippen LogP contribution in [-0.2, 0) is 17.8 Å². The molecule has 0 aromatic heterocycles. The van der Waals surface area contributed by atoms with E-state index in [1.54, 1.807) is 17.0 Å². The van der Waals surface area contributed by atoms with Crippen LogP contribution in [0.3, 0.4) is 0 Å². The van der Waals surface area contributed by atoms with Gasteiger partial charge in [0.15, 0.2) is 5.60 Å². The number of hydrogen-bond acceptors (Lipinski definition) is 4. The second-order valence-corrected chi connectivity index (χ2v) is 8.35. The lowest BCUT2D eigenvalue weighted by Gasteiger charge is -2.38. The highest BCUT2D eigenvalue weighted by Crippen LogP contribution is 2.24. The summed E-state index contributed by atoms with van der Waals surface area (Å²) in [5, 5.41) is 23.5. The first-order chi connectivity index (χ1) is 13.9. The summed E-state index contributed by atoms with van der Waals surface area (Å²) in [6.07, 6.45) is 2.06. The monoisotopic (exact) mass is 396 g/mol. The zero-order chi connectivity index (χ0) is 20.9. The van der Waals surface area contributed by atoms with Gasteiger partial charge in [0.25, 0.3) is 5.91 Å². The lowest BCUT2D eigenvalue weighted by Crippen LogP contribution is -2.57. The number of piperidine rings is 1. The van der Waals surface area contributed by atoms with E-state index in [2.05, 4.69) is 43.4 Å².